The van der Waals surface area contributed by atoms with Gasteiger partial charge in [-0.05, 0) is 31.9 Å². The fourth-order valence-corrected chi connectivity index (χ4v) is 2.91. The van der Waals surface area contributed by atoms with Gasteiger partial charge in [-0.15, -0.1) is 11.3 Å². The Morgan fingerprint density at radius 3 is 2.44 bits per heavy atom. The molecule has 1 heterocycles. The van der Waals surface area contributed by atoms with Gasteiger partial charge in [-0.1, -0.05) is 39.0 Å². The smallest absolute Gasteiger partial charge is 0.0882 e. The van der Waals surface area contributed by atoms with Crippen LogP contribution in [0, 0.1) is 13.8 Å². The average molecular weight is 240 g/mol. The minimum absolute atomic E-state index is 0.237. The molecule has 0 bridgehead atoms. The number of thiophene rings is 1. The Morgan fingerprint density at radius 2 is 1.88 bits per heavy atom. The molecule has 1 aromatic rings. The van der Waals surface area contributed by atoms with Crippen molar-refractivity contribution in [1.82, 2.24) is 0 Å². The number of unbranched alkanes of at least 4 members (excludes halogenated alkanes) is 4. The minimum atomic E-state index is -0.237. The molecule has 0 amide bonds. The molecule has 1 nitrogen and oxygen atoms in total. The van der Waals surface area contributed by atoms with Crippen LogP contribution in [-0.2, 0) is 0 Å². The molecule has 0 saturated carbocycles. The Balaban J connectivity index is 2.27. The van der Waals surface area contributed by atoms with E-state index in [-0.39, 0.29) is 6.10 Å². The number of aryl methyl sites for hydroxylation is 2. The molecule has 1 atom stereocenters. The largest absolute Gasteiger partial charge is 0.388 e. The standard InChI is InChI=1S/C14H24OS/c1-4-5-6-7-8-9-13(15)14-10-11(2)12(3)16-14/h10,13,15H,4-9H2,1-3H3. The first-order chi connectivity index (χ1) is 7.65. The lowest BCUT2D eigenvalue weighted by molar-refractivity contribution is 0.167. The molecule has 1 unspecified atom stereocenters. The van der Waals surface area contributed by atoms with Gasteiger partial charge in [0.05, 0.1) is 6.10 Å². The zero-order chi connectivity index (χ0) is 12.0. The normalized spacial score (nSPS) is 13.0. The third-order valence-corrected chi connectivity index (χ3v) is 4.35. The second-order valence-corrected chi connectivity index (χ2v) is 5.89. The third kappa shape index (κ3) is 4.26. The Morgan fingerprint density at radius 1 is 1.19 bits per heavy atom. The fraction of sp³-hybridized carbons (Fsp3) is 0.714. The number of hydrogen-bond acceptors (Lipinski definition) is 2. The quantitative estimate of drug-likeness (QED) is 0.681. The zero-order valence-corrected chi connectivity index (χ0v) is 11.6. The Bertz CT molecular complexity index is 284. The molecule has 0 aliphatic carbocycles. The predicted molar refractivity (Wildman–Crippen MR) is 72.1 cm³/mol. The van der Waals surface area contributed by atoms with Crippen LogP contribution in [0.4, 0.5) is 0 Å². The summed E-state index contributed by atoms with van der Waals surface area (Å²) in [5.41, 5.74) is 1.31. The van der Waals surface area contributed by atoms with Gasteiger partial charge in [-0.3, -0.25) is 0 Å². The van der Waals surface area contributed by atoms with Gasteiger partial charge in [-0.25, -0.2) is 0 Å². The van der Waals surface area contributed by atoms with Crippen molar-refractivity contribution in [1.29, 1.82) is 0 Å². The maximum Gasteiger partial charge on any atom is 0.0882 e. The van der Waals surface area contributed by atoms with Gasteiger partial charge < -0.3 is 5.11 Å². The van der Waals surface area contributed by atoms with Gasteiger partial charge in [-0.2, -0.15) is 0 Å². The van der Waals surface area contributed by atoms with E-state index in [0.29, 0.717) is 0 Å². The van der Waals surface area contributed by atoms with Crippen molar-refractivity contribution >= 4 is 11.3 Å². The first-order valence-corrected chi connectivity index (χ1v) is 7.21. The summed E-state index contributed by atoms with van der Waals surface area (Å²) in [7, 11) is 0. The van der Waals surface area contributed by atoms with E-state index in [1.807, 2.05) is 0 Å². The molecule has 0 spiro atoms. The van der Waals surface area contributed by atoms with Gasteiger partial charge in [0.15, 0.2) is 0 Å². The maximum atomic E-state index is 10.0. The van der Waals surface area contributed by atoms with Crippen LogP contribution in [0.3, 0.4) is 0 Å². The fourth-order valence-electron chi connectivity index (χ4n) is 1.85. The van der Waals surface area contributed by atoms with Crippen LogP contribution < -0.4 is 0 Å². The van der Waals surface area contributed by atoms with Crippen molar-refractivity contribution in [2.45, 2.75) is 65.4 Å². The highest BCUT2D eigenvalue weighted by Gasteiger charge is 2.10. The highest BCUT2D eigenvalue weighted by molar-refractivity contribution is 7.12. The molecule has 2 heteroatoms. The van der Waals surface area contributed by atoms with E-state index in [9.17, 15) is 5.11 Å². The van der Waals surface area contributed by atoms with Crippen molar-refractivity contribution in [2.24, 2.45) is 0 Å². The summed E-state index contributed by atoms with van der Waals surface area (Å²) in [5.74, 6) is 0. The zero-order valence-electron chi connectivity index (χ0n) is 10.8. The first-order valence-electron chi connectivity index (χ1n) is 6.40. The average Bonchev–Trinajstić information content (AvgIpc) is 2.59. The molecule has 0 aliphatic heterocycles. The molecule has 0 aliphatic rings. The lowest BCUT2D eigenvalue weighted by Gasteiger charge is -2.07. The summed E-state index contributed by atoms with van der Waals surface area (Å²) in [5, 5.41) is 10.0. The van der Waals surface area contributed by atoms with E-state index < -0.39 is 0 Å². The monoisotopic (exact) mass is 240 g/mol. The van der Waals surface area contributed by atoms with E-state index in [2.05, 4.69) is 26.8 Å². The number of rotatable bonds is 7. The van der Waals surface area contributed by atoms with Crippen molar-refractivity contribution in [3.8, 4) is 0 Å². The lowest BCUT2D eigenvalue weighted by Crippen LogP contribution is -1.94. The van der Waals surface area contributed by atoms with Crippen molar-refractivity contribution in [2.75, 3.05) is 0 Å². The van der Waals surface area contributed by atoms with Gasteiger partial charge >= 0.3 is 0 Å². The third-order valence-electron chi connectivity index (χ3n) is 3.09. The van der Waals surface area contributed by atoms with Crippen LogP contribution in [0.15, 0.2) is 6.07 Å². The molecule has 0 aromatic carbocycles. The SMILES string of the molecule is CCCCCCCC(O)c1cc(C)c(C)s1. The van der Waals surface area contributed by atoms with E-state index in [1.165, 1.54) is 36.1 Å². The lowest BCUT2D eigenvalue weighted by atomic mass is 10.1. The van der Waals surface area contributed by atoms with Gasteiger partial charge in [0.1, 0.15) is 0 Å². The molecular weight excluding hydrogens is 216 g/mol. The number of aliphatic hydroxyl groups excluding tert-OH is 1. The number of aliphatic hydroxyl groups is 1. The molecular formula is C14H24OS. The molecule has 1 N–H and O–H groups in total. The molecule has 1 rings (SSSR count). The maximum absolute atomic E-state index is 10.0. The van der Waals surface area contributed by atoms with Crippen LogP contribution in [0.5, 0.6) is 0 Å². The Labute approximate surface area is 104 Å². The van der Waals surface area contributed by atoms with Crippen molar-refractivity contribution in [3.05, 3.63) is 21.4 Å². The highest BCUT2D eigenvalue weighted by Crippen LogP contribution is 2.29. The predicted octanol–water partition coefficient (Wildman–Crippen LogP) is 4.76. The summed E-state index contributed by atoms with van der Waals surface area (Å²) in [6, 6.07) is 2.14. The Kier molecular flexibility index (Phi) is 6.07. The van der Waals surface area contributed by atoms with E-state index >= 15 is 0 Å². The van der Waals surface area contributed by atoms with Crippen LogP contribution in [0.1, 0.15) is 66.9 Å². The second kappa shape index (κ2) is 7.08. The second-order valence-electron chi connectivity index (χ2n) is 4.61. The molecule has 0 fully saturated rings. The van der Waals surface area contributed by atoms with E-state index in [1.54, 1.807) is 11.3 Å². The first kappa shape index (κ1) is 13.7. The van der Waals surface area contributed by atoms with Crippen LogP contribution in [-0.4, -0.2) is 5.11 Å². The molecule has 0 saturated heterocycles. The molecule has 92 valence electrons. The summed E-state index contributed by atoms with van der Waals surface area (Å²) in [6.07, 6.45) is 7.01. The number of hydrogen-bond donors (Lipinski definition) is 1. The topological polar surface area (TPSA) is 20.2 Å². The van der Waals surface area contributed by atoms with Crippen LogP contribution >= 0.6 is 11.3 Å². The van der Waals surface area contributed by atoms with Crippen LogP contribution in [0.25, 0.3) is 0 Å². The van der Waals surface area contributed by atoms with Crippen molar-refractivity contribution in [3.63, 3.8) is 0 Å². The molecule has 16 heavy (non-hydrogen) atoms. The molecule has 0 radical (unpaired) electrons. The van der Waals surface area contributed by atoms with E-state index in [4.69, 9.17) is 0 Å². The summed E-state index contributed by atoms with van der Waals surface area (Å²) in [4.78, 5) is 2.48. The van der Waals surface area contributed by atoms with E-state index in [0.717, 1.165) is 17.7 Å². The summed E-state index contributed by atoms with van der Waals surface area (Å²) >= 11 is 1.74. The highest BCUT2D eigenvalue weighted by atomic mass is 32.1. The van der Waals surface area contributed by atoms with Gasteiger partial charge in [0.2, 0.25) is 0 Å². The van der Waals surface area contributed by atoms with Crippen LogP contribution in [0.2, 0.25) is 0 Å². The summed E-state index contributed by atoms with van der Waals surface area (Å²) < 4.78 is 0. The minimum Gasteiger partial charge on any atom is -0.388 e. The van der Waals surface area contributed by atoms with Crippen molar-refractivity contribution < 1.29 is 5.11 Å². The summed E-state index contributed by atoms with van der Waals surface area (Å²) in [6.45, 7) is 6.47. The van der Waals surface area contributed by atoms with Gasteiger partial charge in [0.25, 0.3) is 0 Å². The molecule has 1 aromatic heterocycles. The Hall–Kier alpha value is -0.340. The van der Waals surface area contributed by atoms with Gasteiger partial charge in [0, 0.05) is 9.75 Å².